The third kappa shape index (κ3) is 1.76. The molecular formula is C12H11ClN2O3. The molecule has 1 aromatic heterocycles. The summed E-state index contributed by atoms with van der Waals surface area (Å²) in [6, 6.07) is 3.57. The van der Waals surface area contributed by atoms with Gasteiger partial charge in [0.2, 0.25) is 5.88 Å². The molecule has 94 valence electrons. The molecule has 0 saturated heterocycles. The van der Waals surface area contributed by atoms with Gasteiger partial charge in [-0.15, -0.1) is 0 Å². The number of benzene rings is 1. The normalized spacial score (nSPS) is 14.3. The number of hydrogen-bond acceptors (Lipinski definition) is 5. The zero-order valence-corrected chi connectivity index (χ0v) is 10.2. The van der Waals surface area contributed by atoms with E-state index in [0.717, 1.165) is 12.0 Å². The van der Waals surface area contributed by atoms with E-state index in [4.69, 9.17) is 31.3 Å². The highest BCUT2D eigenvalue weighted by molar-refractivity contribution is 6.32. The highest BCUT2D eigenvalue weighted by Crippen LogP contribution is 2.45. The fourth-order valence-corrected chi connectivity index (χ4v) is 2.09. The van der Waals surface area contributed by atoms with Gasteiger partial charge in [-0.05, 0) is 12.1 Å². The van der Waals surface area contributed by atoms with E-state index >= 15 is 0 Å². The van der Waals surface area contributed by atoms with E-state index in [9.17, 15) is 0 Å². The molecule has 5 nitrogen and oxygen atoms in total. The Morgan fingerprint density at radius 3 is 2.61 bits per heavy atom. The Morgan fingerprint density at radius 1 is 1.11 bits per heavy atom. The number of aromatic nitrogens is 1. The van der Waals surface area contributed by atoms with E-state index in [-0.39, 0.29) is 5.88 Å². The lowest BCUT2D eigenvalue weighted by Crippen LogP contribution is -1.98. The lowest BCUT2D eigenvalue weighted by Gasteiger charge is -2.12. The molecule has 0 aliphatic carbocycles. The predicted molar refractivity (Wildman–Crippen MR) is 67.0 cm³/mol. The lowest BCUT2D eigenvalue weighted by atomic mass is 10.1. The molecule has 0 bridgehead atoms. The summed E-state index contributed by atoms with van der Waals surface area (Å²) in [5.41, 5.74) is 7.17. The molecule has 2 heterocycles. The molecule has 0 fully saturated rings. The fraction of sp³-hybridized carbons (Fsp3) is 0.250. The molecule has 2 N–H and O–H groups in total. The maximum absolute atomic E-state index is 6.11. The second-order valence-corrected chi connectivity index (χ2v) is 4.31. The van der Waals surface area contributed by atoms with Gasteiger partial charge in [0.15, 0.2) is 11.5 Å². The van der Waals surface area contributed by atoms with Crippen LogP contribution in [-0.2, 0) is 0 Å². The van der Waals surface area contributed by atoms with Crippen LogP contribution >= 0.6 is 11.6 Å². The number of nitrogen functional groups attached to an aromatic ring is 1. The van der Waals surface area contributed by atoms with Crippen molar-refractivity contribution in [3.8, 4) is 22.6 Å². The fourth-order valence-electron chi connectivity index (χ4n) is 1.89. The van der Waals surface area contributed by atoms with E-state index in [0.29, 0.717) is 35.3 Å². The summed E-state index contributed by atoms with van der Waals surface area (Å²) in [5, 5.41) is 4.18. The number of hydrogen-bond donors (Lipinski definition) is 1. The van der Waals surface area contributed by atoms with Crippen molar-refractivity contribution in [2.75, 3.05) is 18.9 Å². The van der Waals surface area contributed by atoms with Gasteiger partial charge in [-0.3, -0.25) is 0 Å². The second-order valence-electron chi connectivity index (χ2n) is 3.91. The molecule has 0 radical (unpaired) electrons. The number of fused-ring (bicyclic) bond motifs is 1. The molecule has 0 atom stereocenters. The third-order valence-electron chi connectivity index (χ3n) is 2.73. The molecule has 0 unspecified atom stereocenters. The highest BCUT2D eigenvalue weighted by Gasteiger charge is 2.21. The smallest absolute Gasteiger partial charge is 0.230 e. The summed E-state index contributed by atoms with van der Waals surface area (Å²) in [6.07, 6.45) is 2.36. The van der Waals surface area contributed by atoms with Crippen LogP contribution in [0.15, 0.2) is 22.9 Å². The highest BCUT2D eigenvalue weighted by atomic mass is 35.5. The minimum Gasteiger partial charge on any atom is -0.489 e. The number of rotatable bonds is 1. The van der Waals surface area contributed by atoms with Gasteiger partial charge in [0, 0.05) is 12.0 Å². The average Bonchev–Trinajstić information content (AvgIpc) is 2.65. The van der Waals surface area contributed by atoms with Crippen LogP contribution in [0.1, 0.15) is 6.42 Å². The minimum absolute atomic E-state index is 0.243. The van der Waals surface area contributed by atoms with Crippen LogP contribution in [0, 0.1) is 0 Å². The van der Waals surface area contributed by atoms with E-state index in [1.165, 1.54) is 0 Å². The lowest BCUT2D eigenvalue weighted by molar-refractivity contribution is 0.297. The van der Waals surface area contributed by atoms with E-state index in [1.807, 2.05) is 6.07 Å². The topological polar surface area (TPSA) is 70.5 Å². The molecular weight excluding hydrogens is 256 g/mol. The molecule has 18 heavy (non-hydrogen) atoms. The van der Waals surface area contributed by atoms with Crippen molar-refractivity contribution in [1.29, 1.82) is 0 Å². The first-order valence-electron chi connectivity index (χ1n) is 5.56. The minimum atomic E-state index is 0.243. The summed E-state index contributed by atoms with van der Waals surface area (Å²) in [4.78, 5) is 0. The molecule has 0 saturated carbocycles. The zero-order valence-electron chi connectivity index (χ0n) is 9.48. The molecule has 0 spiro atoms. The van der Waals surface area contributed by atoms with Gasteiger partial charge in [0.1, 0.15) is 0 Å². The molecule has 0 amide bonds. The number of nitrogens with zero attached hydrogens (tertiary/aromatic N) is 1. The van der Waals surface area contributed by atoms with Crippen molar-refractivity contribution in [3.05, 3.63) is 23.4 Å². The van der Waals surface area contributed by atoms with Crippen LogP contribution in [0.25, 0.3) is 11.1 Å². The van der Waals surface area contributed by atoms with Gasteiger partial charge in [-0.1, -0.05) is 16.8 Å². The molecule has 1 aliphatic rings. The van der Waals surface area contributed by atoms with Gasteiger partial charge < -0.3 is 19.7 Å². The van der Waals surface area contributed by atoms with E-state index in [2.05, 4.69) is 5.16 Å². The van der Waals surface area contributed by atoms with Crippen molar-refractivity contribution in [2.24, 2.45) is 0 Å². The zero-order chi connectivity index (χ0) is 12.5. The summed E-state index contributed by atoms with van der Waals surface area (Å²) in [5.74, 6) is 1.38. The Balaban J connectivity index is 2.19. The van der Waals surface area contributed by atoms with Crippen LogP contribution in [0.5, 0.6) is 11.5 Å². The molecule has 6 heteroatoms. The third-order valence-corrected chi connectivity index (χ3v) is 3.03. The van der Waals surface area contributed by atoms with Gasteiger partial charge in [-0.2, -0.15) is 0 Å². The van der Waals surface area contributed by atoms with Crippen LogP contribution in [0.3, 0.4) is 0 Å². The summed E-state index contributed by atoms with van der Waals surface area (Å²) in [6.45, 7) is 1.15. The number of nitrogens with two attached hydrogens (primary N) is 1. The Kier molecular flexibility index (Phi) is 2.76. The standard InChI is InChI=1S/C12H11ClN2O3/c13-9-3-2-7(8-6-15-18-12(8)14)10-11(9)17-5-1-4-16-10/h2-3,6H,1,4-5,14H2. The summed E-state index contributed by atoms with van der Waals surface area (Å²) in [7, 11) is 0. The maximum Gasteiger partial charge on any atom is 0.230 e. The van der Waals surface area contributed by atoms with Gasteiger partial charge in [0.25, 0.3) is 0 Å². The first kappa shape index (κ1) is 11.2. The van der Waals surface area contributed by atoms with E-state index < -0.39 is 0 Å². The van der Waals surface area contributed by atoms with Gasteiger partial charge in [-0.25, -0.2) is 0 Å². The largest absolute Gasteiger partial charge is 0.489 e. The van der Waals surface area contributed by atoms with Crippen molar-refractivity contribution in [3.63, 3.8) is 0 Å². The molecule has 2 aromatic rings. The molecule has 1 aromatic carbocycles. The average molecular weight is 267 g/mol. The number of ether oxygens (including phenoxy) is 2. The van der Waals surface area contributed by atoms with Crippen LogP contribution in [0.4, 0.5) is 5.88 Å². The van der Waals surface area contributed by atoms with Crippen LogP contribution in [0.2, 0.25) is 5.02 Å². The SMILES string of the molecule is Nc1oncc1-c1ccc(Cl)c2c1OCCCO2. The Hall–Kier alpha value is -1.88. The maximum atomic E-state index is 6.11. The number of anilines is 1. The monoisotopic (exact) mass is 266 g/mol. The number of halogens is 1. The van der Waals surface area contributed by atoms with Gasteiger partial charge in [0.05, 0.1) is 30.0 Å². The van der Waals surface area contributed by atoms with Crippen molar-refractivity contribution < 1.29 is 14.0 Å². The van der Waals surface area contributed by atoms with Crippen molar-refractivity contribution in [2.45, 2.75) is 6.42 Å². The van der Waals surface area contributed by atoms with Crippen LogP contribution < -0.4 is 15.2 Å². The van der Waals surface area contributed by atoms with Crippen molar-refractivity contribution >= 4 is 17.5 Å². The van der Waals surface area contributed by atoms with Crippen molar-refractivity contribution in [1.82, 2.24) is 5.16 Å². The molecule has 1 aliphatic heterocycles. The van der Waals surface area contributed by atoms with Gasteiger partial charge >= 0.3 is 0 Å². The quantitative estimate of drug-likeness (QED) is 0.859. The van der Waals surface area contributed by atoms with E-state index in [1.54, 1.807) is 12.3 Å². The predicted octanol–water partition coefficient (Wildman–Crippen LogP) is 2.74. The first-order valence-corrected chi connectivity index (χ1v) is 5.94. The summed E-state index contributed by atoms with van der Waals surface area (Å²) < 4.78 is 16.2. The Labute approximate surface area is 108 Å². The summed E-state index contributed by atoms with van der Waals surface area (Å²) >= 11 is 6.11. The first-order chi connectivity index (χ1) is 8.77. The molecule has 3 rings (SSSR count). The second kappa shape index (κ2) is 4.42. The Morgan fingerprint density at radius 2 is 1.89 bits per heavy atom. The Bertz CT molecular complexity index is 583. The van der Waals surface area contributed by atoms with Crippen LogP contribution in [-0.4, -0.2) is 18.4 Å².